The van der Waals surface area contributed by atoms with Gasteiger partial charge in [0, 0.05) is 29.7 Å². The lowest BCUT2D eigenvalue weighted by Gasteiger charge is -2.08. The molecule has 2 aromatic carbocycles. The van der Waals surface area contributed by atoms with Crippen LogP contribution in [0.15, 0.2) is 84.1 Å². The summed E-state index contributed by atoms with van der Waals surface area (Å²) in [7, 11) is -4.34. The number of carbonyl (C=O) groups excluding carboxylic acids is 2. The van der Waals surface area contributed by atoms with E-state index in [-0.39, 0.29) is 16.5 Å². The van der Waals surface area contributed by atoms with Gasteiger partial charge in [0.2, 0.25) is 0 Å². The van der Waals surface area contributed by atoms with Crippen molar-refractivity contribution >= 4 is 38.3 Å². The van der Waals surface area contributed by atoms with Gasteiger partial charge in [0.15, 0.2) is 0 Å². The third kappa shape index (κ3) is 3.35. The molecule has 0 unspecified atom stereocenters. The Morgan fingerprint density at radius 3 is 2.33 bits per heavy atom. The van der Waals surface area contributed by atoms with E-state index < -0.39 is 32.4 Å². The van der Waals surface area contributed by atoms with E-state index in [2.05, 4.69) is 10.3 Å². The summed E-state index contributed by atoms with van der Waals surface area (Å²) in [5, 5.41) is 2.70. The molecule has 0 aliphatic rings. The van der Waals surface area contributed by atoms with Crippen molar-refractivity contribution in [3.05, 3.63) is 90.6 Å². The molecular formula is C21H14FN3O4S. The van der Waals surface area contributed by atoms with Crippen molar-refractivity contribution in [3.8, 4) is 0 Å². The molecule has 0 atom stereocenters. The van der Waals surface area contributed by atoms with E-state index in [1.54, 1.807) is 12.1 Å². The lowest BCUT2D eigenvalue weighted by Crippen LogP contribution is -2.23. The normalized spacial score (nSPS) is 11.4. The van der Waals surface area contributed by atoms with Gasteiger partial charge in [0.1, 0.15) is 10.7 Å². The van der Waals surface area contributed by atoms with Crippen LogP contribution in [0.5, 0.6) is 0 Å². The summed E-state index contributed by atoms with van der Waals surface area (Å²) < 4.78 is 41.1. The summed E-state index contributed by atoms with van der Waals surface area (Å²) in [6.45, 7) is 0. The number of hydrogen-bond donors (Lipinski definition) is 1. The number of Topliss-reactive ketones (excluding diaryl/α,β-unsaturated/α-hetero) is 1. The molecule has 0 fully saturated rings. The van der Waals surface area contributed by atoms with Crippen molar-refractivity contribution in [1.82, 2.24) is 8.96 Å². The van der Waals surface area contributed by atoms with Gasteiger partial charge < -0.3 is 5.32 Å². The Hall–Kier alpha value is -3.85. The standard InChI is InChI=1S/C21H14FN3O4S/c22-17-6-2-4-8-19(17)30(28,29)25-13-16(15-5-1-3-7-18(15)25)20(26)21(27)24-14-9-11-23-12-10-14/h1-13H,(H,23,24,27). The van der Waals surface area contributed by atoms with Crippen LogP contribution in [0.25, 0.3) is 10.9 Å². The molecule has 2 heterocycles. The highest BCUT2D eigenvalue weighted by Gasteiger charge is 2.28. The van der Waals surface area contributed by atoms with Crippen molar-refractivity contribution in [2.45, 2.75) is 4.90 Å². The highest BCUT2D eigenvalue weighted by molar-refractivity contribution is 7.90. The molecule has 4 rings (SSSR count). The van der Waals surface area contributed by atoms with Crippen LogP contribution in [0.3, 0.4) is 0 Å². The fourth-order valence-electron chi connectivity index (χ4n) is 3.04. The van der Waals surface area contributed by atoms with E-state index in [4.69, 9.17) is 0 Å². The van der Waals surface area contributed by atoms with Crippen LogP contribution in [0.1, 0.15) is 10.4 Å². The lowest BCUT2D eigenvalue weighted by molar-refractivity contribution is -0.112. The zero-order chi connectivity index (χ0) is 21.3. The summed E-state index contributed by atoms with van der Waals surface area (Å²) >= 11 is 0. The number of amides is 1. The molecule has 1 N–H and O–H groups in total. The number of aromatic nitrogens is 2. The highest BCUT2D eigenvalue weighted by atomic mass is 32.2. The molecule has 0 spiro atoms. The van der Waals surface area contributed by atoms with E-state index in [0.717, 1.165) is 22.3 Å². The summed E-state index contributed by atoms with van der Waals surface area (Å²) in [5.41, 5.74) is 0.406. The number of nitrogens with one attached hydrogen (secondary N) is 1. The van der Waals surface area contributed by atoms with Gasteiger partial charge in [-0.1, -0.05) is 30.3 Å². The number of carbonyl (C=O) groups is 2. The minimum Gasteiger partial charge on any atom is -0.319 e. The largest absolute Gasteiger partial charge is 0.319 e. The minimum absolute atomic E-state index is 0.114. The minimum atomic E-state index is -4.34. The fourth-order valence-corrected chi connectivity index (χ4v) is 4.47. The molecule has 0 aliphatic carbocycles. The van der Waals surface area contributed by atoms with Crippen LogP contribution in [0, 0.1) is 5.82 Å². The van der Waals surface area contributed by atoms with E-state index in [1.807, 2.05) is 0 Å². The first-order valence-electron chi connectivity index (χ1n) is 8.75. The Morgan fingerprint density at radius 2 is 1.60 bits per heavy atom. The number of para-hydroxylation sites is 1. The zero-order valence-electron chi connectivity index (χ0n) is 15.3. The molecule has 9 heteroatoms. The summed E-state index contributed by atoms with van der Waals surface area (Å²) in [4.78, 5) is 28.5. The lowest BCUT2D eigenvalue weighted by atomic mass is 10.1. The molecule has 1 amide bonds. The molecule has 4 aromatic rings. The van der Waals surface area contributed by atoms with Gasteiger partial charge in [0.25, 0.3) is 21.7 Å². The predicted molar refractivity (Wildman–Crippen MR) is 108 cm³/mol. The molecule has 0 bridgehead atoms. The van der Waals surface area contributed by atoms with E-state index in [9.17, 15) is 22.4 Å². The molecule has 30 heavy (non-hydrogen) atoms. The maximum absolute atomic E-state index is 14.2. The molecule has 0 radical (unpaired) electrons. The third-order valence-corrected chi connectivity index (χ3v) is 6.15. The predicted octanol–water partition coefficient (Wildman–Crippen LogP) is 3.23. The molecule has 2 aromatic heterocycles. The summed E-state index contributed by atoms with van der Waals surface area (Å²) in [6, 6.07) is 14.2. The number of nitrogens with zero attached hydrogens (tertiary/aromatic N) is 2. The van der Waals surface area contributed by atoms with E-state index >= 15 is 0 Å². The van der Waals surface area contributed by atoms with Gasteiger partial charge >= 0.3 is 0 Å². The van der Waals surface area contributed by atoms with Crippen LogP contribution in [-0.4, -0.2) is 29.1 Å². The first-order valence-corrected chi connectivity index (χ1v) is 10.2. The zero-order valence-corrected chi connectivity index (χ0v) is 16.1. The number of hydrogen-bond acceptors (Lipinski definition) is 5. The third-order valence-electron chi connectivity index (χ3n) is 4.44. The number of ketones is 1. The van der Waals surface area contributed by atoms with Gasteiger partial charge in [-0.05, 0) is 30.3 Å². The second kappa shape index (κ2) is 7.53. The van der Waals surface area contributed by atoms with Crippen molar-refractivity contribution in [2.24, 2.45) is 0 Å². The first-order chi connectivity index (χ1) is 14.4. The Balaban J connectivity index is 1.81. The highest BCUT2D eigenvalue weighted by Crippen LogP contribution is 2.27. The van der Waals surface area contributed by atoms with Crippen molar-refractivity contribution in [1.29, 1.82) is 0 Å². The van der Waals surface area contributed by atoms with Gasteiger partial charge in [-0.3, -0.25) is 14.6 Å². The molecule has 7 nitrogen and oxygen atoms in total. The van der Waals surface area contributed by atoms with E-state index in [0.29, 0.717) is 5.69 Å². The van der Waals surface area contributed by atoms with Crippen molar-refractivity contribution in [2.75, 3.05) is 5.32 Å². The van der Waals surface area contributed by atoms with Crippen LogP contribution in [0.2, 0.25) is 0 Å². The van der Waals surface area contributed by atoms with Gasteiger partial charge in [-0.15, -0.1) is 0 Å². The smallest absolute Gasteiger partial charge is 0.296 e. The summed E-state index contributed by atoms with van der Waals surface area (Å²) in [5.74, 6) is -2.78. The van der Waals surface area contributed by atoms with Crippen molar-refractivity contribution in [3.63, 3.8) is 0 Å². The van der Waals surface area contributed by atoms with Crippen LogP contribution in [0.4, 0.5) is 10.1 Å². The Bertz CT molecular complexity index is 1380. The number of fused-ring (bicyclic) bond motifs is 1. The molecule has 150 valence electrons. The number of rotatable bonds is 5. The molecule has 0 aliphatic heterocycles. The quantitative estimate of drug-likeness (QED) is 0.393. The maximum Gasteiger partial charge on any atom is 0.296 e. The number of pyridine rings is 1. The number of anilines is 1. The van der Waals surface area contributed by atoms with Gasteiger partial charge in [0.05, 0.1) is 11.1 Å². The SMILES string of the molecule is O=C(Nc1ccncc1)C(=O)c1cn(S(=O)(=O)c2ccccc2F)c2ccccc12. The van der Waals surface area contributed by atoms with Crippen LogP contribution < -0.4 is 5.32 Å². The van der Waals surface area contributed by atoms with Gasteiger partial charge in [-0.2, -0.15) is 0 Å². The Kier molecular flexibility index (Phi) is 4.88. The van der Waals surface area contributed by atoms with Gasteiger partial charge in [-0.25, -0.2) is 16.8 Å². The maximum atomic E-state index is 14.2. The van der Waals surface area contributed by atoms with E-state index in [1.165, 1.54) is 48.8 Å². The van der Waals surface area contributed by atoms with Crippen LogP contribution in [-0.2, 0) is 14.8 Å². The molecule has 0 saturated carbocycles. The van der Waals surface area contributed by atoms with Crippen molar-refractivity contribution < 1.29 is 22.4 Å². The average molecular weight is 423 g/mol. The second-order valence-electron chi connectivity index (χ2n) is 6.31. The Morgan fingerprint density at radius 1 is 0.933 bits per heavy atom. The molecule has 0 saturated heterocycles. The Labute approximate surface area is 170 Å². The monoisotopic (exact) mass is 423 g/mol. The number of benzene rings is 2. The van der Waals surface area contributed by atoms with Crippen LogP contribution >= 0.6 is 0 Å². The first kappa shape index (κ1) is 19.5. The topological polar surface area (TPSA) is 98.1 Å². The summed E-state index contributed by atoms with van der Waals surface area (Å²) in [6.07, 6.45) is 3.95. The second-order valence-corrected chi connectivity index (χ2v) is 8.09. The fraction of sp³-hybridized carbons (Fsp3) is 0. The number of halogens is 1. The molecular weight excluding hydrogens is 409 g/mol. The average Bonchev–Trinajstić information content (AvgIpc) is 3.14.